The van der Waals surface area contributed by atoms with Crippen LogP contribution in [0.3, 0.4) is 0 Å². The Bertz CT molecular complexity index is 658. The second-order valence-corrected chi connectivity index (χ2v) is 6.37. The molecule has 0 spiro atoms. The van der Waals surface area contributed by atoms with Gasteiger partial charge in [0.15, 0.2) is 0 Å². The van der Waals surface area contributed by atoms with Gasteiger partial charge in [0, 0.05) is 31.1 Å². The van der Waals surface area contributed by atoms with E-state index < -0.39 is 0 Å². The number of rotatable bonds is 5. The van der Waals surface area contributed by atoms with E-state index in [0.29, 0.717) is 18.7 Å². The van der Waals surface area contributed by atoms with Crippen molar-refractivity contribution in [2.45, 2.75) is 32.2 Å². The van der Waals surface area contributed by atoms with Crippen LogP contribution in [0, 0.1) is 0 Å². The van der Waals surface area contributed by atoms with Crippen molar-refractivity contribution < 1.29 is 9.53 Å². The molecular formula is C15H20N4O2S. The summed E-state index contributed by atoms with van der Waals surface area (Å²) < 4.78 is 7.11. The molecule has 6 nitrogen and oxygen atoms in total. The number of amides is 1. The smallest absolute Gasteiger partial charge is 0.255 e. The van der Waals surface area contributed by atoms with Crippen LogP contribution in [0.4, 0.5) is 0 Å². The van der Waals surface area contributed by atoms with E-state index in [-0.39, 0.29) is 11.8 Å². The summed E-state index contributed by atoms with van der Waals surface area (Å²) in [7, 11) is 1.84. The van der Waals surface area contributed by atoms with Gasteiger partial charge in [-0.1, -0.05) is 6.92 Å². The van der Waals surface area contributed by atoms with E-state index in [1.165, 1.54) is 0 Å². The van der Waals surface area contributed by atoms with Crippen LogP contribution < -0.4 is 5.32 Å². The summed E-state index contributed by atoms with van der Waals surface area (Å²) in [5.41, 5.74) is 2.39. The molecule has 0 aromatic carbocycles. The van der Waals surface area contributed by atoms with Gasteiger partial charge in [-0.2, -0.15) is 5.10 Å². The molecule has 7 heteroatoms. The van der Waals surface area contributed by atoms with Gasteiger partial charge in [0.2, 0.25) is 0 Å². The van der Waals surface area contributed by atoms with E-state index in [4.69, 9.17) is 4.74 Å². The average Bonchev–Trinajstić information content (AvgIpc) is 3.24. The van der Waals surface area contributed by atoms with Crippen molar-refractivity contribution in [3.63, 3.8) is 0 Å². The molecule has 118 valence electrons. The lowest BCUT2D eigenvalue weighted by Crippen LogP contribution is -2.24. The molecule has 0 unspecified atom stereocenters. The number of hydrogen-bond acceptors (Lipinski definition) is 5. The minimum atomic E-state index is -0.0963. The van der Waals surface area contributed by atoms with Crippen LogP contribution in [-0.2, 0) is 24.8 Å². The number of nitrogens with one attached hydrogen (secondary N) is 1. The fourth-order valence-electron chi connectivity index (χ4n) is 2.59. The van der Waals surface area contributed by atoms with Gasteiger partial charge in [-0.3, -0.25) is 9.48 Å². The van der Waals surface area contributed by atoms with Gasteiger partial charge in [-0.05, 0) is 12.8 Å². The predicted octanol–water partition coefficient (Wildman–Crippen LogP) is 1.87. The summed E-state index contributed by atoms with van der Waals surface area (Å²) in [6, 6.07) is 0. The Labute approximate surface area is 133 Å². The first-order valence-electron chi connectivity index (χ1n) is 7.50. The molecule has 0 saturated carbocycles. The maximum atomic E-state index is 12.5. The Hall–Kier alpha value is -1.73. The fourth-order valence-corrected chi connectivity index (χ4v) is 3.34. The second-order valence-electron chi connectivity index (χ2n) is 5.43. The summed E-state index contributed by atoms with van der Waals surface area (Å²) in [6.45, 7) is 3.90. The number of aromatic nitrogens is 3. The topological polar surface area (TPSA) is 69.0 Å². The molecule has 1 fully saturated rings. The van der Waals surface area contributed by atoms with Gasteiger partial charge in [0.25, 0.3) is 5.91 Å². The summed E-state index contributed by atoms with van der Waals surface area (Å²) >= 11 is 1.63. The Balaban J connectivity index is 1.69. The highest BCUT2D eigenvalue weighted by Crippen LogP contribution is 2.26. The fraction of sp³-hybridized carbons (Fsp3) is 0.533. The standard InChI is InChI=1S/C15H20N4O2S/c1-3-13-17-11(9-22-13)6-16-15(20)12-7-19(2)18-14(12)10-4-5-21-8-10/h7,9-10H,3-6,8H2,1-2H3,(H,16,20)/t10-/m0/s1. The molecule has 0 bridgehead atoms. The first-order valence-corrected chi connectivity index (χ1v) is 8.38. The van der Waals surface area contributed by atoms with Crippen LogP contribution in [-0.4, -0.2) is 33.9 Å². The zero-order chi connectivity index (χ0) is 15.5. The summed E-state index contributed by atoms with van der Waals surface area (Å²) in [6.07, 6.45) is 3.62. The largest absolute Gasteiger partial charge is 0.381 e. The van der Waals surface area contributed by atoms with E-state index in [9.17, 15) is 4.79 Å². The Morgan fingerprint density at radius 1 is 1.59 bits per heavy atom. The highest BCUT2D eigenvalue weighted by molar-refractivity contribution is 7.09. The molecule has 3 heterocycles. The van der Waals surface area contributed by atoms with Crippen molar-refractivity contribution in [1.29, 1.82) is 0 Å². The molecule has 1 atom stereocenters. The molecule has 0 aliphatic carbocycles. The summed E-state index contributed by atoms with van der Waals surface area (Å²) in [4.78, 5) is 16.9. The Kier molecular flexibility index (Phi) is 4.54. The SMILES string of the molecule is CCc1nc(CNC(=O)c2cn(C)nc2[C@H]2CCOC2)cs1. The summed E-state index contributed by atoms with van der Waals surface area (Å²) in [5, 5.41) is 10.5. The molecule has 3 rings (SSSR count). The van der Waals surface area contributed by atoms with E-state index in [1.54, 1.807) is 22.2 Å². The number of carbonyl (C=O) groups excluding carboxylic acids is 1. The lowest BCUT2D eigenvalue weighted by atomic mass is 10.0. The highest BCUT2D eigenvalue weighted by atomic mass is 32.1. The monoisotopic (exact) mass is 320 g/mol. The van der Waals surface area contributed by atoms with Crippen molar-refractivity contribution in [1.82, 2.24) is 20.1 Å². The predicted molar refractivity (Wildman–Crippen MR) is 84.0 cm³/mol. The third-order valence-corrected chi connectivity index (χ3v) is 4.79. The van der Waals surface area contributed by atoms with Gasteiger partial charge >= 0.3 is 0 Å². The van der Waals surface area contributed by atoms with E-state index >= 15 is 0 Å². The van der Waals surface area contributed by atoms with Crippen LogP contribution in [0.25, 0.3) is 0 Å². The van der Waals surface area contributed by atoms with Crippen LogP contribution in [0.5, 0.6) is 0 Å². The zero-order valence-corrected chi connectivity index (χ0v) is 13.7. The number of aryl methyl sites for hydroxylation is 2. The molecule has 0 radical (unpaired) electrons. The van der Waals surface area contributed by atoms with E-state index in [1.807, 2.05) is 12.4 Å². The maximum Gasteiger partial charge on any atom is 0.255 e. The molecule has 1 aliphatic heterocycles. The molecule has 2 aromatic heterocycles. The number of ether oxygens (including phenoxy) is 1. The van der Waals surface area contributed by atoms with Gasteiger partial charge in [0.1, 0.15) is 0 Å². The first-order chi connectivity index (χ1) is 10.7. The lowest BCUT2D eigenvalue weighted by Gasteiger charge is -2.07. The van der Waals surface area contributed by atoms with Gasteiger partial charge in [-0.25, -0.2) is 4.98 Å². The molecule has 1 saturated heterocycles. The van der Waals surface area contributed by atoms with Crippen molar-refractivity contribution in [2.24, 2.45) is 7.05 Å². The Morgan fingerprint density at radius 3 is 3.14 bits per heavy atom. The van der Waals surface area contributed by atoms with Crippen molar-refractivity contribution in [3.05, 3.63) is 33.5 Å². The first kappa shape index (κ1) is 15.2. The minimum Gasteiger partial charge on any atom is -0.381 e. The van der Waals surface area contributed by atoms with Crippen molar-refractivity contribution in [2.75, 3.05) is 13.2 Å². The number of carbonyl (C=O) groups is 1. The number of thiazole rings is 1. The van der Waals surface area contributed by atoms with Crippen LogP contribution >= 0.6 is 11.3 Å². The molecule has 2 aromatic rings. The van der Waals surface area contributed by atoms with Crippen molar-refractivity contribution >= 4 is 17.2 Å². The molecule has 1 aliphatic rings. The molecule has 1 amide bonds. The quantitative estimate of drug-likeness (QED) is 0.913. The number of hydrogen-bond donors (Lipinski definition) is 1. The van der Waals surface area contributed by atoms with Crippen LogP contribution in [0.2, 0.25) is 0 Å². The normalized spacial score (nSPS) is 17.8. The average molecular weight is 320 g/mol. The van der Waals surface area contributed by atoms with E-state index in [2.05, 4.69) is 22.3 Å². The van der Waals surface area contributed by atoms with Crippen LogP contribution in [0.15, 0.2) is 11.6 Å². The second kappa shape index (κ2) is 6.58. The Morgan fingerprint density at radius 2 is 2.45 bits per heavy atom. The lowest BCUT2D eigenvalue weighted by molar-refractivity contribution is 0.0949. The third-order valence-electron chi connectivity index (χ3n) is 3.75. The van der Waals surface area contributed by atoms with Gasteiger partial charge < -0.3 is 10.1 Å². The van der Waals surface area contributed by atoms with Gasteiger partial charge in [0.05, 0.1) is 35.1 Å². The van der Waals surface area contributed by atoms with E-state index in [0.717, 1.165) is 35.8 Å². The van der Waals surface area contributed by atoms with Crippen LogP contribution in [0.1, 0.15) is 46.0 Å². The van der Waals surface area contributed by atoms with Crippen molar-refractivity contribution in [3.8, 4) is 0 Å². The molecular weight excluding hydrogens is 300 g/mol. The molecule has 1 N–H and O–H groups in total. The minimum absolute atomic E-state index is 0.0963. The maximum absolute atomic E-state index is 12.5. The highest BCUT2D eigenvalue weighted by Gasteiger charge is 2.26. The zero-order valence-electron chi connectivity index (χ0n) is 12.8. The van der Waals surface area contributed by atoms with Gasteiger partial charge in [-0.15, -0.1) is 11.3 Å². The number of nitrogens with zero attached hydrogens (tertiary/aromatic N) is 3. The summed E-state index contributed by atoms with van der Waals surface area (Å²) in [5.74, 6) is 0.119. The molecule has 22 heavy (non-hydrogen) atoms. The third kappa shape index (κ3) is 3.20.